The van der Waals surface area contributed by atoms with Gasteiger partial charge in [-0.15, -0.1) is 0 Å². The largest absolute Gasteiger partial charge is 0.355 e. The summed E-state index contributed by atoms with van der Waals surface area (Å²) in [6, 6.07) is 9.02. The lowest BCUT2D eigenvalue weighted by Gasteiger charge is -2.33. The second-order valence-electron chi connectivity index (χ2n) is 7.39. The van der Waals surface area contributed by atoms with Gasteiger partial charge in [-0.3, -0.25) is 14.7 Å². The summed E-state index contributed by atoms with van der Waals surface area (Å²) in [7, 11) is 1.79. The lowest BCUT2D eigenvalue weighted by Crippen LogP contribution is -2.49. The summed E-state index contributed by atoms with van der Waals surface area (Å²) in [5.41, 5.74) is 1.36. The van der Waals surface area contributed by atoms with Crippen LogP contribution in [0, 0.1) is 5.92 Å². The minimum Gasteiger partial charge on any atom is -0.355 e. The Morgan fingerprint density at radius 2 is 1.78 bits per heavy atom. The van der Waals surface area contributed by atoms with Crippen molar-refractivity contribution in [2.75, 3.05) is 33.2 Å². The molecule has 1 amide bonds. The zero-order valence-electron chi connectivity index (χ0n) is 16.0. The fourth-order valence-corrected chi connectivity index (χ4v) is 3.59. The molecule has 0 radical (unpaired) electrons. The average molecular weight is 436 g/mol. The van der Waals surface area contributed by atoms with Gasteiger partial charge in [0, 0.05) is 56.2 Å². The Hall–Kier alpha value is -1.60. The predicted molar refractivity (Wildman–Crippen MR) is 113 cm³/mol. The Morgan fingerprint density at radius 1 is 1.11 bits per heavy atom. The van der Waals surface area contributed by atoms with Crippen LogP contribution in [0.4, 0.5) is 0 Å². The van der Waals surface area contributed by atoms with E-state index in [1.807, 2.05) is 0 Å². The summed E-state index contributed by atoms with van der Waals surface area (Å²) in [4.78, 5) is 18.4. The van der Waals surface area contributed by atoms with E-state index < -0.39 is 0 Å². The van der Waals surface area contributed by atoms with Gasteiger partial charge in [0.15, 0.2) is 5.96 Å². The van der Waals surface area contributed by atoms with E-state index in [1.54, 1.807) is 7.05 Å². The van der Waals surface area contributed by atoms with E-state index in [1.165, 1.54) is 5.56 Å². The van der Waals surface area contributed by atoms with Gasteiger partial charge < -0.3 is 16.0 Å². The summed E-state index contributed by atoms with van der Waals surface area (Å²) < 4.78 is 1.13. The maximum absolute atomic E-state index is 11.6. The molecule has 148 valence electrons. The number of carbonyl (C=O) groups is 1. The lowest BCUT2D eigenvalue weighted by molar-refractivity contribution is -0.122. The number of amides is 1. The molecule has 0 bridgehead atoms. The molecule has 0 aromatic heterocycles. The van der Waals surface area contributed by atoms with Gasteiger partial charge in [-0.2, -0.15) is 0 Å². The number of carbonyl (C=O) groups excluding carboxylic acids is 1. The van der Waals surface area contributed by atoms with Crippen LogP contribution in [0.25, 0.3) is 0 Å². The normalized spacial score (nSPS) is 19.0. The van der Waals surface area contributed by atoms with Gasteiger partial charge >= 0.3 is 0 Å². The van der Waals surface area contributed by atoms with Crippen molar-refractivity contribution in [3.63, 3.8) is 0 Å². The number of rotatable bonds is 7. The Labute approximate surface area is 170 Å². The number of benzene rings is 1. The number of guanidine groups is 1. The van der Waals surface area contributed by atoms with E-state index in [0.29, 0.717) is 19.1 Å². The van der Waals surface area contributed by atoms with E-state index in [-0.39, 0.29) is 11.8 Å². The monoisotopic (exact) mass is 435 g/mol. The number of hydrogen-bond acceptors (Lipinski definition) is 3. The maximum Gasteiger partial charge on any atom is 0.223 e. The molecule has 3 N–H and O–H groups in total. The van der Waals surface area contributed by atoms with Gasteiger partial charge in [-0.1, -0.05) is 28.1 Å². The van der Waals surface area contributed by atoms with Crippen molar-refractivity contribution >= 4 is 27.8 Å². The first-order chi connectivity index (χ1) is 13.1. The zero-order valence-corrected chi connectivity index (χ0v) is 17.6. The number of halogens is 1. The van der Waals surface area contributed by atoms with E-state index in [2.05, 4.69) is 66.0 Å². The SMILES string of the molecule is CN=C(NCCNC(=O)C1CC1)NC1CCN(Cc2ccc(Br)cc2)CC1. The van der Waals surface area contributed by atoms with Gasteiger partial charge in [-0.05, 0) is 43.4 Å². The van der Waals surface area contributed by atoms with Gasteiger partial charge in [-0.25, -0.2) is 0 Å². The third kappa shape index (κ3) is 6.81. The predicted octanol–water partition coefficient (Wildman–Crippen LogP) is 2.10. The lowest BCUT2D eigenvalue weighted by atomic mass is 10.0. The molecule has 0 unspecified atom stereocenters. The third-order valence-corrected chi connectivity index (χ3v) is 5.66. The Morgan fingerprint density at radius 3 is 2.41 bits per heavy atom. The van der Waals surface area contributed by atoms with Crippen LogP contribution < -0.4 is 16.0 Å². The molecule has 0 atom stereocenters. The molecule has 27 heavy (non-hydrogen) atoms. The summed E-state index contributed by atoms with van der Waals surface area (Å²) in [6.45, 7) is 4.51. The second kappa shape index (κ2) is 10.1. The highest BCUT2D eigenvalue weighted by Crippen LogP contribution is 2.28. The van der Waals surface area contributed by atoms with Crippen LogP contribution in [-0.2, 0) is 11.3 Å². The molecule has 1 saturated carbocycles. The van der Waals surface area contributed by atoms with Crippen molar-refractivity contribution in [2.24, 2.45) is 10.9 Å². The van der Waals surface area contributed by atoms with Crippen LogP contribution in [0.5, 0.6) is 0 Å². The topological polar surface area (TPSA) is 68.8 Å². The molecule has 1 heterocycles. The van der Waals surface area contributed by atoms with Crippen LogP contribution in [0.15, 0.2) is 33.7 Å². The first-order valence-corrected chi connectivity index (χ1v) is 10.6. The second-order valence-corrected chi connectivity index (χ2v) is 8.30. The van der Waals surface area contributed by atoms with Crippen LogP contribution in [0.1, 0.15) is 31.2 Å². The van der Waals surface area contributed by atoms with Crippen molar-refractivity contribution < 1.29 is 4.79 Å². The summed E-state index contributed by atoms with van der Waals surface area (Å²) >= 11 is 3.49. The van der Waals surface area contributed by atoms with E-state index in [9.17, 15) is 4.79 Å². The number of nitrogens with one attached hydrogen (secondary N) is 3. The van der Waals surface area contributed by atoms with Crippen molar-refractivity contribution in [2.45, 2.75) is 38.3 Å². The van der Waals surface area contributed by atoms with Crippen LogP contribution in [0.2, 0.25) is 0 Å². The molecule has 1 aromatic rings. The molecule has 2 fully saturated rings. The van der Waals surface area contributed by atoms with E-state index in [4.69, 9.17) is 0 Å². The molecule has 6 nitrogen and oxygen atoms in total. The summed E-state index contributed by atoms with van der Waals surface area (Å²) in [6.07, 6.45) is 4.30. The van der Waals surface area contributed by atoms with Crippen LogP contribution in [-0.4, -0.2) is 56.0 Å². The number of hydrogen-bond donors (Lipinski definition) is 3. The maximum atomic E-state index is 11.6. The van der Waals surface area contributed by atoms with Gasteiger partial charge in [0.1, 0.15) is 0 Å². The fraction of sp³-hybridized carbons (Fsp3) is 0.600. The van der Waals surface area contributed by atoms with Gasteiger partial charge in [0.2, 0.25) is 5.91 Å². The molecule has 3 rings (SSSR count). The molecule has 1 aromatic carbocycles. The Kier molecular flexibility index (Phi) is 7.52. The third-order valence-electron chi connectivity index (χ3n) is 5.14. The number of likely N-dealkylation sites (tertiary alicyclic amines) is 1. The van der Waals surface area contributed by atoms with Crippen LogP contribution >= 0.6 is 15.9 Å². The fourth-order valence-electron chi connectivity index (χ4n) is 3.33. The molecular weight excluding hydrogens is 406 g/mol. The van der Waals surface area contributed by atoms with E-state index in [0.717, 1.165) is 55.7 Å². The number of piperidine rings is 1. The van der Waals surface area contributed by atoms with Crippen molar-refractivity contribution in [1.29, 1.82) is 0 Å². The molecule has 1 saturated heterocycles. The zero-order chi connectivity index (χ0) is 19.1. The molecule has 0 spiro atoms. The molecular formula is C20H30BrN5O. The average Bonchev–Trinajstić information content (AvgIpc) is 3.52. The first kappa shape index (κ1) is 20.1. The summed E-state index contributed by atoms with van der Waals surface area (Å²) in [5.74, 6) is 1.28. The molecule has 1 aliphatic heterocycles. The Bertz CT molecular complexity index is 636. The van der Waals surface area contributed by atoms with Gasteiger partial charge in [0.25, 0.3) is 0 Å². The summed E-state index contributed by atoms with van der Waals surface area (Å²) in [5, 5.41) is 9.77. The minimum atomic E-state index is 0.192. The van der Waals surface area contributed by atoms with E-state index >= 15 is 0 Å². The van der Waals surface area contributed by atoms with Crippen molar-refractivity contribution in [1.82, 2.24) is 20.9 Å². The van der Waals surface area contributed by atoms with Crippen molar-refractivity contribution in [3.05, 3.63) is 34.3 Å². The van der Waals surface area contributed by atoms with Crippen LogP contribution in [0.3, 0.4) is 0 Å². The van der Waals surface area contributed by atoms with Gasteiger partial charge in [0.05, 0.1) is 0 Å². The highest BCUT2D eigenvalue weighted by atomic mass is 79.9. The highest BCUT2D eigenvalue weighted by Gasteiger charge is 2.29. The van der Waals surface area contributed by atoms with Crippen molar-refractivity contribution in [3.8, 4) is 0 Å². The standard InChI is InChI=1S/C20H30BrN5O/c1-22-20(24-11-10-23-19(27)16-4-5-16)25-18-8-12-26(13-9-18)14-15-2-6-17(21)7-3-15/h2-3,6-7,16,18H,4-5,8-14H2,1H3,(H,23,27)(H2,22,24,25). The molecule has 2 aliphatic rings. The first-order valence-electron chi connectivity index (χ1n) is 9.85. The quantitative estimate of drug-likeness (QED) is 0.348. The Balaban J connectivity index is 1.32. The molecule has 1 aliphatic carbocycles. The number of nitrogens with zero attached hydrogens (tertiary/aromatic N) is 2. The minimum absolute atomic E-state index is 0.192. The highest BCUT2D eigenvalue weighted by molar-refractivity contribution is 9.10. The number of aliphatic imine (C=N–C) groups is 1. The molecule has 7 heteroatoms. The smallest absolute Gasteiger partial charge is 0.223 e.